The largest absolute Gasteiger partial charge is 0.361 e. The van der Waals surface area contributed by atoms with Gasteiger partial charge in [0, 0.05) is 36.2 Å². The molecule has 0 spiro atoms. The summed E-state index contributed by atoms with van der Waals surface area (Å²) in [6, 6.07) is 19.2. The number of rotatable bonds is 9. The number of amides is 2. The normalized spacial score (nSPS) is 13.1. The van der Waals surface area contributed by atoms with Crippen LogP contribution in [0.4, 0.5) is 4.39 Å². The monoisotopic (exact) mass is 537 g/mol. The summed E-state index contributed by atoms with van der Waals surface area (Å²) in [5.74, 6) is -1.25. The topological polar surface area (TPSA) is 56.4 Å². The maximum absolute atomic E-state index is 14.4. The molecule has 37 heavy (non-hydrogen) atoms. The van der Waals surface area contributed by atoms with Crippen LogP contribution in [0, 0.1) is 5.82 Å². The van der Waals surface area contributed by atoms with E-state index in [9.17, 15) is 14.0 Å². The molecule has 1 aliphatic rings. The second kappa shape index (κ2) is 11.0. The number of benzene rings is 3. The molecule has 0 unspecified atom stereocenters. The minimum Gasteiger partial charge on any atom is -0.361 e. The highest BCUT2D eigenvalue weighted by atomic mass is 35.5. The lowest BCUT2D eigenvalue weighted by Crippen LogP contribution is -2.44. The summed E-state index contributed by atoms with van der Waals surface area (Å²) >= 11 is 12.3. The molecule has 0 saturated heterocycles. The quantitative estimate of drug-likeness (QED) is 0.265. The van der Waals surface area contributed by atoms with Gasteiger partial charge in [0.05, 0.1) is 15.6 Å². The third kappa shape index (κ3) is 5.81. The molecule has 5 rings (SSSR count). The first-order valence-electron chi connectivity index (χ1n) is 12.2. The highest BCUT2D eigenvalue weighted by Crippen LogP contribution is 2.29. The summed E-state index contributed by atoms with van der Waals surface area (Å²) in [6.07, 6.45) is 4.19. The summed E-state index contributed by atoms with van der Waals surface area (Å²) < 4.78 is 14.4. The van der Waals surface area contributed by atoms with Crippen molar-refractivity contribution in [2.24, 2.45) is 0 Å². The summed E-state index contributed by atoms with van der Waals surface area (Å²) in [6.45, 7) is 0.630. The predicted molar refractivity (Wildman–Crippen MR) is 144 cm³/mol. The van der Waals surface area contributed by atoms with Gasteiger partial charge in [-0.2, -0.15) is 0 Å². The van der Waals surface area contributed by atoms with Gasteiger partial charge in [0.25, 0.3) is 5.91 Å². The third-order valence-corrected chi connectivity index (χ3v) is 7.43. The molecule has 0 aliphatic heterocycles. The van der Waals surface area contributed by atoms with Crippen LogP contribution in [-0.2, 0) is 17.8 Å². The van der Waals surface area contributed by atoms with E-state index in [-0.39, 0.29) is 24.1 Å². The van der Waals surface area contributed by atoms with Gasteiger partial charge in [0.15, 0.2) is 0 Å². The molecule has 2 amide bonds. The zero-order valence-corrected chi connectivity index (χ0v) is 21.6. The van der Waals surface area contributed by atoms with E-state index in [0.717, 1.165) is 34.9 Å². The highest BCUT2D eigenvalue weighted by molar-refractivity contribution is 6.42. The van der Waals surface area contributed by atoms with Crippen molar-refractivity contribution < 1.29 is 14.0 Å². The van der Waals surface area contributed by atoms with E-state index < -0.39 is 11.7 Å². The summed E-state index contributed by atoms with van der Waals surface area (Å²) in [5.41, 5.74) is 2.95. The molecule has 1 heterocycles. The molecule has 1 saturated carbocycles. The van der Waals surface area contributed by atoms with Crippen molar-refractivity contribution in [2.45, 2.75) is 31.8 Å². The van der Waals surface area contributed by atoms with Gasteiger partial charge < -0.3 is 14.8 Å². The molecule has 1 aromatic heterocycles. The van der Waals surface area contributed by atoms with Crippen molar-refractivity contribution in [3.63, 3.8) is 0 Å². The van der Waals surface area contributed by atoms with Crippen LogP contribution in [0.15, 0.2) is 72.9 Å². The number of hydrogen-bond acceptors (Lipinski definition) is 2. The summed E-state index contributed by atoms with van der Waals surface area (Å²) in [7, 11) is 0. The van der Waals surface area contributed by atoms with E-state index in [1.807, 2.05) is 36.5 Å². The van der Waals surface area contributed by atoms with Crippen molar-refractivity contribution in [1.82, 2.24) is 14.8 Å². The van der Waals surface area contributed by atoms with Gasteiger partial charge in [0.2, 0.25) is 5.91 Å². The van der Waals surface area contributed by atoms with Crippen molar-refractivity contribution in [3.05, 3.63) is 105 Å². The lowest BCUT2D eigenvalue weighted by molar-refractivity contribution is -0.132. The number of carbonyl (C=O) groups is 2. The van der Waals surface area contributed by atoms with Crippen LogP contribution in [0.2, 0.25) is 10.0 Å². The Morgan fingerprint density at radius 3 is 2.49 bits per heavy atom. The van der Waals surface area contributed by atoms with Crippen LogP contribution in [0.3, 0.4) is 0 Å². The predicted octanol–water partition coefficient (Wildman–Crippen LogP) is 6.49. The van der Waals surface area contributed by atoms with Crippen LogP contribution in [-0.4, -0.2) is 45.7 Å². The fourth-order valence-electron chi connectivity index (χ4n) is 4.53. The fraction of sp³-hybridized carbons (Fsp3) is 0.241. The zero-order valence-electron chi connectivity index (χ0n) is 20.1. The summed E-state index contributed by atoms with van der Waals surface area (Å²) in [4.78, 5) is 33.4. The van der Waals surface area contributed by atoms with E-state index in [1.54, 1.807) is 29.2 Å². The van der Waals surface area contributed by atoms with Crippen molar-refractivity contribution in [1.29, 1.82) is 0 Å². The molecule has 4 aromatic rings. The van der Waals surface area contributed by atoms with E-state index in [2.05, 4.69) is 4.98 Å². The van der Waals surface area contributed by atoms with E-state index in [1.165, 1.54) is 17.0 Å². The average molecular weight is 538 g/mol. The Labute approximate surface area is 224 Å². The molecule has 1 aliphatic carbocycles. The van der Waals surface area contributed by atoms with E-state index >= 15 is 0 Å². The number of carbonyl (C=O) groups excluding carboxylic acids is 2. The number of H-pyrrole nitrogens is 1. The first-order valence-corrected chi connectivity index (χ1v) is 13.0. The number of aromatic nitrogens is 1. The number of aromatic amines is 1. The van der Waals surface area contributed by atoms with Crippen LogP contribution in [0.5, 0.6) is 0 Å². The Bertz CT molecular complexity index is 1450. The van der Waals surface area contributed by atoms with Crippen LogP contribution >= 0.6 is 23.2 Å². The Kier molecular flexibility index (Phi) is 7.49. The summed E-state index contributed by atoms with van der Waals surface area (Å²) in [5, 5.41) is 1.97. The Morgan fingerprint density at radius 2 is 1.73 bits per heavy atom. The minimum absolute atomic E-state index is 0.0166. The van der Waals surface area contributed by atoms with Gasteiger partial charge in [-0.25, -0.2) is 4.39 Å². The van der Waals surface area contributed by atoms with Gasteiger partial charge in [0.1, 0.15) is 12.4 Å². The smallest absolute Gasteiger partial charge is 0.257 e. The Balaban J connectivity index is 1.37. The van der Waals surface area contributed by atoms with Gasteiger partial charge in [-0.15, -0.1) is 0 Å². The fourth-order valence-corrected chi connectivity index (χ4v) is 4.85. The highest BCUT2D eigenvalue weighted by Gasteiger charge is 2.36. The van der Waals surface area contributed by atoms with Crippen LogP contribution in [0.1, 0.15) is 34.3 Å². The molecule has 5 nitrogen and oxygen atoms in total. The maximum atomic E-state index is 14.4. The first-order chi connectivity index (χ1) is 17.9. The van der Waals surface area contributed by atoms with Gasteiger partial charge >= 0.3 is 0 Å². The Hall–Kier alpha value is -3.35. The number of para-hydroxylation sites is 1. The molecule has 0 atom stereocenters. The molecule has 3 aromatic carbocycles. The second-order valence-corrected chi connectivity index (χ2v) is 10.1. The molecule has 1 N–H and O–H groups in total. The van der Waals surface area contributed by atoms with Crippen molar-refractivity contribution >= 4 is 45.9 Å². The Morgan fingerprint density at radius 1 is 0.973 bits per heavy atom. The molecule has 0 bridgehead atoms. The van der Waals surface area contributed by atoms with E-state index in [0.29, 0.717) is 29.6 Å². The average Bonchev–Trinajstić information content (AvgIpc) is 3.66. The second-order valence-electron chi connectivity index (χ2n) is 9.32. The zero-order chi connectivity index (χ0) is 25.9. The molecule has 1 fully saturated rings. The lowest BCUT2D eigenvalue weighted by Gasteiger charge is -2.28. The van der Waals surface area contributed by atoms with Gasteiger partial charge in [-0.05, 0) is 60.7 Å². The van der Waals surface area contributed by atoms with Gasteiger partial charge in [-0.1, -0.05) is 59.6 Å². The van der Waals surface area contributed by atoms with Crippen molar-refractivity contribution in [2.75, 3.05) is 13.1 Å². The molecular weight excluding hydrogens is 512 g/mol. The maximum Gasteiger partial charge on any atom is 0.257 e. The molecule has 0 radical (unpaired) electrons. The number of nitrogens with zero attached hydrogens (tertiary/aromatic N) is 2. The number of nitrogens with one attached hydrogen (secondary N) is 1. The number of halogens is 3. The number of fused-ring (bicyclic) bond motifs is 1. The lowest BCUT2D eigenvalue weighted by atomic mass is 10.1. The molecule has 8 heteroatoms. The molecule has 190 valence electrons. The van der Waals surface area contributed by atoms with Crippen LogP contribution in [0.25, 0.3) is 10.9 Å². The minimum atomic E-state index is -0.586. The standard InChI is InChI=1S/C29H26Cl2FN3O2/c30-24-12-9-19(15-25(24)31)17-34(14-13-20-16-33-27-8-4-2-5-22(20)27)28(36)18-35(21-10-11-21)29(37)23-6-1-3-7-26(23)32/h1-9,12,15-16,21,33H,10-11,13-14,17-18H2. The van der Waals surface area contributed by atoms with E-state index in [4.69, 9.17) is 23.2 Å². The van der Waals surface area contributed by atoms with Crippen LogP contribution < -0.4 is 0 Å². The first kappa shape index (κ1) is 25.3. The SMILES string of the molecule is O=C(CN(C(=O)c1ccccc1F)C1CC1)N(CCc1c[nH]c2ccccc12)Cc1ccc(Cl)c(Cl)c1. The third-order valence-electron chi connectivity index (χ3n) is 6.69. The molecular formula is C29H26Cl2FN3O2. The number of hydrogen-bond donors (Lipinski definition) is 1. The van der Waals surface area contributed by atoms with Gasteiger partial charge in [-0.3, -0.25) is 9.59 Å². The van der Waals surface area contributed by atoms with Crippen molar-refractivity contribution in [3.8, 4) is 0 Å².